The van der Waals surface area contributed by atoms with Crippen molar-refractivity contribution in [2.45, 2.75) is 13.3 Å². The molecule has 0 spiro atoms. The zero-order chi connectivity index (χ0) is 19.4. The first kappa shape index (κ1) is 19.0. The Morgan fingerprint density at radius 2 is 2.00 bits per heavy atom. The smallest absolute Gasteiger partial charge is 0.321 e. The average molecular weight is 433 g/mol. The molecule has 0 saturated heterocycles. The lowest BCUT2D eigenvalue weighted by Gasteiger charge is -2.17. The molecule has 2 amide bonds. The zero-order valence-corrected chi connectivity index (χ0v) is 16.5. The number of hydrogen-bond donors (Lipinski definition) is 1. The van der Waals surface area contributed by atoms with Crippen molar-refractivity contribution in [2.75, 3.05) is 18.9 Å². The number of hydrogen-bond acceptors (Lipinski definition) is 4. The van der Waals surface area contributed by atoms with Gasteiger partial charge in [0.25, 0.3) is 5.89 Å². The number of aromatic nitrogens is 2. The highest BCUT2D eigenvalue weighted by Crippen LogP contribution is 2.20. The molecule has 2 aromatic carbocycles. The highest BCUT2D eigenvalue weighted by Gasteiger charge is 2.13. The Bertz CT molecular complexity index is 943. The molecule has 0 atom stereocenters. The Kier molecular flexibility index (Phi) is 5.85. The van der Waals surface area contributed by atoms with E-state index in [0.717, 1.165) is 15.7 Å². The van der Waals surface area contributed by atoms with Crippen LogP contribution in [-0.4, -0.2) is 34.7 Å². The number of nitrogens with zero attached hydrogens (tertiary/aromatic N) is 3. The molecular weight excluding hydrogens is 415 g/mol. The van der Waals surface area contributed by atoms with E-state index in [4.69, 9.17) is 4.52 Å². The summed E-state index contributed by atoms with van der Waals surface area (Å²) >= 11 is 3.43. The summed E-state index contributed by atoms with van der Waals surface area (Å²) in [5.41, 5.74) is 2.41. The highest BCUT2D eigenvalue weighted by atomic mass is 79.9. The van der Waals surface area contributed by atoms with E-state index in [1.54, 1.807) is 24.1 Å². The molecule has 140 valence electrons. The Labute approximate surface area is 164 Å². The number of anilines is 1. The maximum absolute atomic E-state index is 13.0. The number of aryl methyl sites for hydroxylation is 1. The molecule has 6 nitrogen and oxygen atoms in total. The number of urea groups is 1. The Hall–Kier alpha value is -2.74. The van der Waals surface area contributed by atoms with E-state index in [1.165, 1.54) is 12.1 Å². The van der Waals surface area contributed by atoms with Gasteiger partial charge in [0.2, 0.25) is 0 Å². The summed E-state index contributed by atoms with van der Waals surface area (Å²) in [7, 11) is 1.70. The summed E-state index contributed by atoms with van der Waals surface area (Å²) in [6.07, 6.45) is 0.438. The van der Waals surface area contributed by atoms with Crippen LogP contribution in [0.1, 0.15) is 11.4 Å². The molecule has 0 aliphatic heterocycles. The van der Waals surface area contributed by atoms with Crippen LogP contribution in [0.2, 0.25) is 0 Å². The minimum absolute atomic E-state index is 0.223. The van der Waals surface area contributed by atoms with E-state index in [0.29, 0.717) is 30.2 Å². The summed E-state index contributed by atoms with van der Waals surface area (Å²) in [4.78, 5) is 18.1. The second-order valence-corrected chi connectivity index (χ2v) is 6.94. The third kappa shape index (κ3) is 4.91. The van der Waals surface area contributed by atoms with Gasteiger partial charge in [0.1, 0.15) is 5.82 Å². The fourth-order valence-corrected chi connectivity index (χ4v) is 2.62. The zero-order valence-electron chi connectivity index (χ0n) is 14.9. The molecule has 1 heterocycles. The van der Waals surface area contributed by atoms with Crippen molar-refractivity contribution >= 4 is 27.6 Å². The van der Waals surface area contributed by atoms with Crippen molar-refractivity contribution in [3.63, 3.8) is 0 Å². The fraction of sp³-hybridized carbons (Fsp3) is 0.211. The summed E-state index contributed by atoms with van der Waals surface area (Å²) in [6.45, 7) is 2.38. The minimum atomic E-state index is -0.327. The van der Waals surface area contributed by atoms with Gasteiger partial charge in [0.05, 0.1) is 0 Å². The van der Waals surface area contributed by atoms with Gasteiger partial charge in [-0.2, -0.15) is 4.98 Å². The first-order valence-corrected chi connectivity index (χ1v) is 9.08. The number of nitrogens with one attached hydrogen (secondary N) is 1. The molecule has 0 aliphatic carbocycles. The topological polar surface area (TPSA) is 71.3 Å². The van der Waals surface area contributed by atoms with Crippen LogP contribution in [-0.2, 0) is 6.42 Å². The number of benzene rings is 2. The molecule has 0 aliphatic rings. The molecule has 1 aromatic heterocycles. The van der Waals surface area contributed by atoms with Crippen molar-refractivity contribution in [3.05, 3.63) is 64.1 Å². The van der Waals surface area contributed by atoms with Crippen LogP contribution in [0.5, 0.6) is 0 Å². The van der Waals surface area contributed by atoms with Crippen LogP contribution >= 0.6 is 15.9 Å². The molecule has 3 rings (SSSR count). The van der Waals surface area contributed by atoms with E-state index >= 15 is 0 Å². The van der Waals surface area contributed by atoms with Gasteiger partial charge in [-0.15, -0.1) is 0 Å². The van der Waals surface area contributed by atoms with Crippen LogP contribution in [0.15, 0.2) is 51.5 Å². The van der Waals surface area contributed by atoms with Gasteiger partial charge < -0.3 is 14.7 Å². The largest absolute Gasteiger partial charge is 0.334 e. The van der Waals surface area contributed by atoms with Crippen molar-refractivity contribution in [1.82, 2.24) is 15.0 Å². The van der Waals surface area contributed by atoms with Gasteiger partial charge in [0, 0.05) is 35.7 Å². The summed E-state index contributed by atoms with van der Waals surface area (Å²) < 4.78 is 19.2. The van der Waals surface area contributed by atoms with Gasteiger partial charge in [0.15, 0.2) is 5.82 Å². The van der Waals surface area contributed by atoms with E-state index in [1.807, 2.05) is 25.1 Å². The van der Waals surface area contributed by atoms with Gasteiger partial charge in [-0.25, -0.2) is 9.18 Å². The Morgan fingerprint density at radius 3 is 2.70 bits per heavy atom. The van der Waals surface area contributed by atoms with Crippen LogP contribution < -0.4 is 5.32 Å². The standard InChI is InChI=1S/C19H18BrFN4O2/c1-12-11-15(7-8-16(12)20)22-19(26)25(2)10-9-17-23-18(27-24-17)13-3-5-14(21)6-4-13/h3-8,11H,9-10H2,1-2H3,(H,22,26). The first-order chi connectivity index (χ1) is 12.9. The molecule has 0 radical (unpaired) electrons. The lowest BCUT2D eigenvalue weighted by Crippen LogP contribution is -2.33. The molecule has 0 unspecified atom stereocenters. The summed E-state index contributed by atoms with van der Waals surface area (Å²) in [6, 6.07) is 11.2. The summed E-state index contributed by atoms with van der Waals surface area (Å²) in [5.74, 6) is 0.475. The number of carbonyl (C=O) groups is 1. The number of amides is 2. The maximum Gasteiger partial charge on any atom is 0.321 e. The third-order valence-electron chi connectivity index (χ3n) is 3.99. The fourth-order valence-electron chi connectivity index (χ4n) is 2.38. The second kappa shape index (κ2) is 8.30. The predicted octanol–water partition coefficient (Wildman–Crippen LogP) is 4.65. The van der Waals surface area contributed by atoms with Crippen LogP contribution in [0, 0.1) is 12.7 Å². The quantitative estimate of drug-likeness (QED) is 0.636. The lowest BCUT2D eigenvalue weighted by atomic mass is 10.2. The van der Waals surface area contributed by atoms with Gasteiger partial charge in [-0.3, -0.25) is 0 Å². The van der Waals surface area contributed by atoms with E-state index < -0.39 is 0 Å². The number of likely N-dealkylation sites (N-methyl/N-ethyl adjacent to an activating group) is 1. The molecular formula is C19H18BrFN4O2. The second-order valence-electron chi connectivity index (χ2n) is 6.09. The van der Waals surface area contributed by atoms with Crippen molar-refractivity contribution < 1.29 is 13.7 Å². The Morgan fingerprint density at radius 1 is 1.26 bits per heavy atom. The molecule has 0 fully saturated rings. The monoisotopic (exact) mass is 432 g/mol. The average Bonchev–Trinajstić information content (AvgIpc) is 3.12. The highest BCUT2D eigenvalue weighted by molar-refractivity contribution is 9.10. The van der Waals surface area contributed by atoms with Gasteiger partial charge in [-0.1, -0.05) is 21.1 Å². The molecule has 0 saturated carbocycles. The van der Waals surface area contributed by atoms with E-state index in [-0.39, 0.29) is 11.8 Å². The summed E-state index contributed by atoms with van der Waals surface area (Å²) in [5, 5.41) is 6.76. The molecule has 27 heavy (non-hydrogen) atoms. The molecule has 0 bridgehead atoms. The van der Waals surface area contributed by atoms with Crippen LogP contribution in [0.3, 0.4) is 0 Å². The Balaban J connectivity index is 1.55. The van der Waals surface area contributed by atoms with Gasteiger partial charge in [-0.05, 0) is 55.0 Å². The predicted molar refractivity (Wildman–Crippen MR) is 104 cm³/mol. The van der Waals surface area contributed by atoms with Gasteiger partial charge >= 0.3 is 6.03 Å². The maximum atomic E-state index is 13.0. The minimum Gasteiger partial charge on any atom is -0.334 e. The number of halogens is 2. The van der Waals surface area contributed by atoms with E-state index in [9.17, 15) is 9.18 Å². The number of rotatable bonds is 5. The first-order valence-electron chi connectivity index (χ1n) is 8.29. The van der Waals surface area contributed by atoms with Crippen LogP contribution in [0.4, 0.5) is 14.9 Å². The van der Waals surface area contributed by atoms with E-state index in [2.05, 4.69) is 31.4 Å². The number of carbonyl (C=O) groups excluding carboxylic acids is 1. The normalized spacial score (nSPS) is 10.7. The third-order valence-corrected chi connectivity index (χ3v) is 4.88. The van der Waals surface area contributed by atoms with Crippen molar-refractivity contribution in [1.29, 1.82) is 0 Å². The molecule has 8 heteroatoms. The van der Waals surface area contributed by atoms with Crippen molar-refractivity contribution in [2.24, 2.45) is 0 Å². The van der Waals surface area contributed by atoms with Crippen LogP contribution in [0.25, 0.3) is 11.5 Å². The molecule has 1 N–H and O–H groups in total. The van der Waals surface area contributed by atoms with Crippen molar-refractivity contribution in [3.8, 4) is 11.5 Å². The SMILES string of the molecule is Cc1cc(NC(=O)N(C)CCc2noc(-c3ccc(F)cc3)n2)ccc1Br. The molecule has 3 aromatic rings. The lowest BCUT2D eigenvalue weighted by molar-refractivity contribution is 0.222.